The maximum Gasteiger partial charge on any atom is 0.337 e. The van der Waals surface area contributed by atoms with Crippen LogP contribution in [0, 0.1) is 0 Å². The minimum atomic E-state index is -1.06. The van der Waals surface area contributed by atoms with Gasteiger partial charge in [-0.05, 0) is 6.07 Å². The van der Waals surface area contributed by atoms with Gasteiger partial charge in [-0.3, -0.25) is 4.79 Å². The van der Waals surface area contributed by atoms with Crippen molar-refractivity contribution < 1.29 is 19.4 Å². The Balaban J connectivity index is 2.33. The second-order valence-corrected chi connectivity index (χ2v) is 3.79. The number of hydrogen-bond acceptors (Lipinski definition) is 5. The molecule has 19 heavy (non-hydrogen) atoms. The summed E-state index contributed by atoms with van der Waals surface area (Å²) in [5, 5.41) is 8.93. The number of pyridine rings is 1. The van der Waals surface area contributed by atoms with E-state index in [2.05, 4.69) is 9.97 Å². The van der Waals surface area contributed by atoms with Crippen LogP contribution >= 0.6 is 0 Å². The van der Waals surface area contributed by atoms with Crippen LogP contribution in [0.5, 0.6) is 5.88 Å². The fourth-order valence-corrected chi connectivity index (χ4v) is 1.63. The molecule has 1 N–H and O–H groups in total. The predicted octanol–water partition coefficient (Wildman–Crippen LogP) is 0.846. The zero-order chi connectivity index (χ0) is 13.8. The van der Waals surface area contributed by atoms with Gasteiger partial charge in [0.2, 0.25) is 5.88 Å². The number of carboxylic acid groups (broad SMARTS) is 1. The minimum absolute atomic E-state index is 0.0755. The highest BCUT2D eigenvalue weighted by molar-refractivity contribution is 5.87. The average molecular weight is 261 g/mol. The number of hydrogen-bond donors (Lipinski definition) is 1. The summed E-state index contributed by atoms with van der Waals surface area (Å²) in [6, 6.07) is 1.48. The van der Waals surface area contributed by atoms with Gasteiger partial charge < -0.3 is 14.4 Å². The SMILES string of the molecule is COc1ncc(C(=O)O)cc1Cn1cnc(C=O)c1. The Hall–Kier alpha value is -2.70. The topological polar surface area (TPSA) is 94.3 Å². The Bertz CT molecular complexity index is 621. The predicted molar refractivity (Wildman–Crippen MR) is 64.5 cm³/mol. The van der Waals surface area contributed by atoms with Crippen molar-refractivity contribution in [1.29, 1.82) is 0 Å². The van der Waals surface area contributed by atoms with E-state index in [0.29, 0.717) is 30.0 Å². The molecule has 2 rings (SSSR count). The number of carbonyl (C=O) groups excluding carboxylic acids is 1. The van der Waals surface area contributed by atoms with Gasteiger partial charge in [0.05, 0.1) is 25.5 Å². The Morgan fingerprint density at radius 1 is 1.53 bits per heavy atom. The largest absolute Gasteiger partial charge is 0.481 e. The van der Waals surface area contributed by atoms with E-state index >= 15 is 0 Å². The number of aromatic carboxylic acids is 1. The zero-order valence-corrected chi connectivity index (χ0v) is 10.1. The Labute approximate surface area is 108 Å². The van der Waals surface area contributed by atoms with E-state index in [0.717, 1.165) is 0 Å². The zero-order valence-electron chi connectivity index (χ0n) is 10.1. The number of nitrogens with zero attached hydrogens (tertiary/aromatic N) is 3. The molecule has 0 saturated heterocycles. The minimum Gasteiger partial charge on any atom is -0.481 e. The van der Waals surface area contributed by atoms with Gasteiger partial charge in [-0.15, -0.1) is 0 Å². The molecule has 0 amide bonds. The van der Waals surface area contributed by atoms with Crippen molar-refractivity contribution in [3.63, 3.8) is 0 Å². The van der Waals surface area contributed by atoms with Crippen LogP contribution in [-0.2, 0) is 6.54 Å². The number of methoxy groups -OCH3 is 1. The van der Waals surface area contributed by atoms with Crippen LogP contribution in [0.3, 0.4) is 0 Å². The third-order valence-electron chi connectivity index (χ3n) is 2.49. The number of rotatable bonds is 5. The fourth-order valence-electron chi connectivity index (χ4n) is 1.63. The number of carbonyl (C=O) groups is 2. The molecule has 0 fully saturated rings. The van der Waals surface area contributed by atoms with Crippen LogP contribution in [0.25, 0.3) is 0 Å². The smallest absolute Gasteiger partial charge is 0.337 e. The van der Waals surface area contributed by atoms with Crippen molar-refractivity contribution >= 4 is 12.3 Å². The fraction of sp³-hybridized carbons (Fsp3) is 0.167. The van der Waals surface area contributed by atoms with E-state index < -0.39 is 5.97 Å². The van der Waals surface area contributed by atoms with E-state index in [1.54, 1.807) is 10.8 Å². The molecule has 2 aromatic heterocycles. The summed E-state index contributed by atoms with van der Waals surface area (Å²) in [7, 11) is 1.46. The maximum absolute atomic E-state index is 10.9. The van der Waals surface area contributed by atoms with Crippen molar-refractivity contribution in [1.82, 2.24) is 14.5 Å². The van der Waals surface area contributed by atoms with E-state index in [1.807, 2.05) is 0 Å². The van der Waals surface area contributed by atoms with Gasteiger partial charge in [-0.1, -0.05) is 0 Å². The summed E-state index contributed by atoms with van der Waals surface area (Å²) in [5.41, 5.74) is 0.977. The molecular weight excluding hydrogens is 250 g/mol. The molecule has 98 valence electrons. The molecule has 0 aliphatic rings. The van der Waals surface area contributed by atoms with E-state index in [4.69, 9.17) is 9.84 Å². The molecule has 0 aromatic carbocycles. The molecule has 2 aromatic rings. The van der Waals surface area contributed by atoms with E-state index in [9.17, 15) is 9.59 Å². The monoisotopic (exact) mass is 261 g/mol. The van der Waals surface area contributed by atoms with Crippen molar-refractivity contribution in [2.75, 3.05) is 7.11 Å². The Kier molecular flexibility index (Phi) is 3.56. The molecule has 2 heterocycles. The molecule has 0 bridgehead atoms. The molecule has 0 unspecified atom stereocenters. The first-order chi connectivity index (χ1) is 9.13. The molecule has 0 spiro atoms. The molecule has 7 heteroatoms. The quantitative estimate of drug-likeness (QED) is 0.802. The summed E-state index contributed by atoms with van der Waals surface area (Å²) in [5.74, 6) is -0.720. The van der Waals surface area contributed by atoms with Gasteiger partial charge in [0.1, 0.15) is 5.69 Å². The highest BCUT2D eigenvalue weighted by Crippen LogP contribution is 2.17. The summed E-state index contributed by atoms with van der Waals surface area (Å²) in [6.45, 7) is 0.318. The van der Waals surface area contributed by atoms with Crippen LogP contribution < -0.4 is 4.74 Å². The normalized spacial score (nSPS) is 10.2. The number of aromatic nitrogens is 3. The molecule has 7 nitrogen and oxygen atoms in total. The molecule has 0 saturated carbocycles. The molecule has 0 radical (unpaired) electrons. The van der Waals surface area contributed by atoms with Gasteiger partial charge in [-0.25, -0.2) is 14.8 Å². The number of carboxylic acids is 1. The number of imidazole rings is 1. The summed E-state index contributed by atoms with van der Waals surface area (Å²) in [6.07, 6.45) is 4.91. The first kappa shape index (κ1) is 12.7. The lowest BCUT2D eigenvalue weighted by Gasteiger charge is -2.08. The second-order valence-electron chi connectivity index (χ2n) is 3.79. The van der Waals surface area contributed by atoms with Crippen molar-refractivity contribution in [3.05, 3.63) is 41.6 Å². The first-order valence-corrected chi connectivity index (χ1v) is 5.37. The van der Waals surface area contributed by atoms with Crippen molar-refractivity contribution in [3.8, 4) is 5.88 Å². The van der Waals surface area contributed by atoms with Gasteiger partial charge in [0.15, 0.2) is 6.29 Å². The van der Waals surface area contributed by atoms with E-state index in [-0.39, 0.29) is 5.56 Å². The third-order valence-corrected chi connectivity index (χ3v) is 2.49. The van der Waals surface area contributed by atoms with Gasteiger partial charge >= 0.3 is 5.97 Å². The molecular formula is C12H11N3O4. The van der Waals surface area contributed by atoms with Crippen LogP contribution in [0.4, 0.5) is 0 Å². The van der Waals surface area contributed by atoms with Crippen LogP contribution in [0.2, 0.25) is 0 Å². The van der Waals surface area contributed by atoms with Crippen LogP contribution in [-0.4, -0.2) is 39.0 Å². The maximum atomic E-state index is 10.9. The third kappa shape index (κ3) is 2.76. The summed E-state index contributed by atoms with van der Waals surface area (Å²) in [4.78, 5) is 29.3. The number of aldehydes is 1. The van der Waals surface area contributed by atoms with Crippen LogP contribution in [0.15, 0.2) is 24.8 Å². The van der Waals surface area contributed by atoms with E-state index in [1.165, 1.54) is 25.7 Å². The van der Waals surface area contributed by atoms with Gasteiger partial charge in [-0.2, -0.15) is 0 Å². The Morgan fingerprint density at radius 2 is 2.32 bits per heavy atom. The lowest BCUT2D eigenvalue weighted by Crippen LogP contribution is -2.05. The van der Waals surface area contributed by atoms with Crippen molar-refractivity contribution in [2.24, 2.45) is 0 Å². The Morgan fingerprint density at radius 3 is 2.89 bits per heavy atom. The molecule has 0 aliphatic carbocycles. The second kappa shape index (κ2) is 5.30. The standard InChI is InChI=1S/C12H11N3O4/c1-19-11-9(2-8(3-13-11)12(17)18)4-15-5-10(6-16)14-7-15/h2-3,5-7H,4H2,1H3,(H,17,18). The summed E-state index contributed by atoms with van der Waals surface area (Å²) < 4.78 is 6.73. The number of ether oxygens (including phenoxy) is 1. The van der Waals surface area contributed by atoms with Gasteiger partial charge in [0.25, 0.3) is 0 Å². The lowest BCUT2D eigenvalue weighted by molar-refractivity contribution is 0.0696. The lowest BCUT2D eigenvalue weighted by atomic mass is 10.2. The first-order valence-electron chi connectivity index (χ1n) is 5.37. The van der Waals surface area contributed by atoms with Crippen molar-refractivity contribution in [2.45, 2.75) is 6.54 Å². The summed E-state index contributed by atoms with van der Waals surface area (Å²) >= 11 is 0. The molecule has 0 atom stereocenters. The van der Waals surface area contributed by atoms with Crippen LogP contribution in [0.1, 0.15) is 26.4 Å². The highest BCUT2D eigenvalue weighted by Gasteiger charge is 2.11. The molecule has 0 aliphatic heterocycles. The van der Waals surface area contributed by atoms with Gasteiger partial charge in [0, 0.05) is 18.0 Å². The average Bonchev–Trinajstić information content (AvgIpc) is 2.86. The highest BCUT2D eigenvalue weighted by atomic mass is 16.5.